The van der Waals surface area contributed by atoms with Crippen LogP contribution in [0.15, 0.2) is 24.3 Å². The van der Waals surface area contributed by atoms with Crippen molar-refractivity contribution in [1.29, 1.82) is 0 Å². The normalized spacial score (nSPS) is 21.6. The summed E-state index contributed by atoms with van der Waals surface area (Å²) < 4.78 is 11.5. The van der Waals surface area contributed by atoms with Crippen LogP contribution in [0.2, 0.25) is 0 Å². The maximum absolute atomic E-state index is 5.88. The van der Waals surface area contributed by atoms with Crippen LogP contribution in [0, 0.1) is 0 Å². The second kappa shape index (κ2) is 7.65. The van der Waals surface area contributed by atoms with Crippen molar-refractivity contribution in [2.75, 3.05) is 13.2 Å². The zero-order valence-corrected chi connectivity index (χ0v) is 12.9. The molecule has 0 saturated carbocycles. The molecule has 1 N–H and O–H groups in total. The Morgan fingerprint density at radius 2 is 2.25 bits per heavy atom. The molecular weight excluding hydrogens is 250 g/mol. The van der Waals surface area contributed by atoms with Crippen LogP contribution in [0.4, 0.5) is 0 Å². The van der Waals surface area contributed by atoms with Crippen LogP contribution in [0.25, 0.3) is 0 Å². The van der Waals surface area contributed by atoms with E-state index in [0.29, 0.717) is 12.1 Å². The number of hydrogen-bond donors (Lipinski definition) is 1. The Bertz CT molecular complexity index is 402. The number of ether oxygens (including phenoxy) is 2. The van der Waals surface area contributed by atoms with Crippen molar-refractivity contribution in [3.05, 3.63) is 29.8 Å². The standard InChI is InChI=1S/C17H27NO2/c1-4-13(2)20-16-8-5-7-15(11-16)14(3)18-12-17-9-6-10-19-17/h5,7-8,11,13-14,17-18H,4,6,9-10,12H2,1-3H3/t13-,14-,17+/m1/s1. The summed E-state index contributed by atoms with van der Waals surface area (Å²) in [5.74, 6) is 0.961. The fourth-order valence-corrected chi connectivity index (χ4v) is 2.40. The van der Waals surface area contributed by atoms with E-state index in [0.717, 1.165) is 25.3 Å². The van der Waals surface area contributed by atoms with Crippen molar-refractivity contribution in [3.8, 4) is 5.75 Å². The number of benzene rings is 1. The van der Waals surface area contributed by atoms with Gasteiger partial charge in [0.1, 0.15) is 5.75 Å². The maximum atomic E-state index is 5.88. The van der Waals surface area contributed by atoms with Gasteiger partial charge in [0.25, 0.3) is 0 Å². The van der Waals surface area contributed by atoms with Crippen LogP contribution in [-0.2, 0) is 4.74 Å². The Labute approximate surface area is 122 Å². The first-order chi connectivity index (χ1) is 9.69. The minimum absolute atomic E-state index is 0.264. The number of rotatable bonds is 7. The fraction of sp³-hybridized carbons (Fsp3) is 0.647. The summed E-state index contributed by atoms with van der Waals surface area (Å²) in [6.07, 6.45) is 4.05. The van der Waals surface area contributed by atoms with E-state index in [1.54, 1.807) is 0 Å². The summed E-state index contributed by atoms with van der Waals surface area (Å²) in [5.41, 5.74) is 1.27. The van der Waals surface area contributed by atoms with Crippen LogP contribution in [0.1, 0.15) is 51.6 Å². The van der Waals surface area contributed by atoms with E-state index in [1.807, 2.05) is 6.07 Å². The second-order valence-electron chi connectivity index (χ2n) is 5.67. The minimum Gasteiger partial charge on any atom is -0.491 e. The zero-order valence-electron chi connectivity index (χ0n) is 12.9. The molecule has 0 aliphatic carbocycles. The Hall–Kier alpha value is -1.06. The van der Waals surface area contributed by atoms with Crippen molar-refractivity contribution < 1.29 is 9.47 Å². The lowest BCUT2D eigenvalue weighted by atomic mass is 10.1. The molecule has 3 nitrogen and oxygen atoms in total. The molecule has 20 heavy (non-hydrogen) atoms. The van der Waals surface area contributed by atoms with Crippen molar-refractivity contribution >= 4 is 0 Å². The summed E-state index contributed by atoms with van der Waals surface area (Å²) in [4.78, 5) is 0. The van der Waals surface area contributed by atoms with Crippen LogP contribution in [-0.4, -0.2) is 25.4 Å². The molecule has 0 bridgehead atoms. The summed E-state index contributed by atoms with van der Waals surface area (Å²) in [7, 11) is 0. The molecule has 2 rings (SSSR count). The highest BCUT2D eigenvalue weighted by atomic mass is 16.5. The van der Waals surface area contributed by atoms with Gasteiger partial charge in [-0.2, -0.15) is 0 Å². The molecule has 1 saturated heterocycles. The summed E-state index contributed by atoms with van der Waals surface area (Å²) in [5, 5.41) is 3.55. The zero-order chi connectivity index (χ0) is 14.4. The molecule has 3 heteroatoms. The third-order valence-corrected chi connectivity index (χ3v) is 3.95. The Morgan fingerprint density at radius 1 is 1.40 bits per heavy atom. The molecule has 0 spiro atoms. The molecule has 112 valence electrons. The van der Waals surface area contributed by atoms with E-state index in [-0.39, 0.29) is 6.10 Å². The quantitative estimate of drug-likeness (QED) is 0.824. The van der Waals surface area contributed by atoms with E-state index in [2.05, 4.69) is 44.3 Å². The first-order valence-electron chi connectivity index (χ1n) is 7.80. The molecule has 0 aromatic heterocycles. The summed E-state index contributed by atoms with van der Waals surface area (Å²) >= 11 is 0. The van der Waals surface area contributed by atoms with Crippen LogP contribution >= 0.6 is 0 Å². The predicted molar refractivity (Wildman–Crippen MR) is 82.2 cm³/mol. The third kappa shape index (κ3) is 4.50. The summed E-state index contributed by atoms with van der Waals surface area (Å²) in [6, 6.07) is 8.70. The molecule has 1 aromatic rings. The van der Waals surface area contributed by atoms with E-state index in [9.17, 15) is 0 Å². The van der Waals surface area contributed by atoms with Gasteiger partial charge in [-0.25, -0.2) is 0 Å². The Morgan fingerprint density at radius 3 is 2.95 bits per heavy atom. The van der Waals surface area contributed by atoms with Crippen LogP contribution in [0.3, 0.4) is 0 Å². The number of hydrogen-bond acceptors (Lipinski definition) is 3. The maximum Gasteiger partial charge on any atom is 0.120 e. The molecule has 3 atom stereocenters. The molecule has 1 aliphatic rings. The van der Waals surface area contributed by atoms with Gasteiger partial charge in [0, 0.05) is 19.2 Å². The lowest BCUT2D eigenvalue weighted by Crippen LogP contribution is -2.28. The topological polar surface area (TPSA) is 30.5 Å². The molecule has 0 radical (unpaired) electrons. The van der Waals surface area contributed by atoms with Crippen LogP contribution < -0.4 is 10.1 Å². The highest BCUT2D eigenvalue weighted by Crippen LogP contribution is 2.21. The van der Waals surface area contributed by atoms with Crippen molar-refractivity contribution in [2.24, 2.45) is 0 Å². The van der Waals surface area contributed by atoms with Gasteiger partial charge < -0.3 is 14.8 Å². The van der Waals surface area contributed by atoms with Gasteiger partial charge in [-0.15, -0.1) is 0 Å². The van der Waals surface area contributed by atoms with Gasteiger partial charge in [-0.1, -0.05) is 19.1 Å². The average molecular weight is 277 g/mol. The van der Waals surface area contributed by atoms with E-state index >= 15 is 0 Å². The molecule has 1 heterocycles. The Kier molecular flexibility index (Phi) is 5.86. The fourth-order valence-electron chi connectivity index (χ4n) is 2.40. The van der Waals surface area contributed by atoms with E-state index in [1.165, 1.54) is 18.4 Å². The highest BCUT2D eigenvalue weighted by Gasteiger charge is 2.16. The molecular formula is C17H27NO2. The van der Waals surface area contributed by atoms with Crippen molar-refractivity contribution in [1.82, 2.24) is 5.32 Å². The number of nitrogens with one attached hydrogen (secondary N) is 1. The van der Waals surface area contributed by atoms with Crippen molar-refractivity contribution in [2.45, 2.75) is 58.3 Å². The first-order valence-corrected chi connectivity index (χ1v) is 7.80. The SMILES string of the molecule is CC[C@@H](C)Oc1cccc([C@@H](C)NC[C@@H]2CCCO2)c1. The van der Waals surface area contributed by atoms with Gasteiger partial charge in [0.05, 0.1) is 12.2 Å². The largest absolute Gasteiger partial charge is 0.491 e. The molecule has 1 fully saturated rings. The molecule has 1 aliphatic heterocycles. The van der Waals surface area contributed by atoms with Gasteiger partial charge in [0.2, 0.25) is 0 Å². The van der Waals surface area contributed by atoms with Gasteiger partial charge in [0.15, 0.2) is 0 Å². The van der Waals surface area contributed by atoms with E-state index < -0.39 is 0 Å². The van der Waals surface area contributed by atoms with Gasteiger partial charge >= 0.3 is 0 Å². The molecule has 0 unspecified atom stereocenters. The lowest BCUT2D eigenvalue weighted by Gasteiger charge is -2.19. The second-order valence-corrected chi connectivity index (χ2v) is 5.67. The third-order valence-electron chi connectivity index (χ3n) is 3.95. The molecule has 1 aromatic carbocycles. The minimum atomic E-state index is 0.264. The van der Waals surface area contributed by atoms with Gasteiger partial charge in [-0.3, -0.25) is 0 Å². The first kappa shape index (κ1) is 15.3. The average Bonchev–Trinajstić information content (AvgIpc) is 2.98. The lowest BCUT2D eigenvalue weighted by molar-refractivity contribution is 0.108. The monoisotopic (exact) mass is 277 g/mol. The smallest absolute Gasteiger partial charge is 0.120 e. The Balaban J connectivity index is 1.88. The van der Waals surface area contributed by atoms with Crippen molar-refractivity contribution in [3.63, 3.8) is 0 Å². The molecule has 0 amide bonds. The summed E-state index contributed by atoms with van der Waals surface area (Å²) in [6.45, 7) is 8.28. The van der Waals surface area contributed by atoms with Crippen LogP contribution in [0.5, 0.6) is 5.75 Å². The van der Waals surface area contributed by atoms with E-state index in [4.69, 9.17) is 9.47 Å². The predicted octanol–water partition coefficient (Wildman–Crippen LogP) is 3.69. The van der Waals surface area contributed by atoms with Gasteiger partial charge in [-0.05, 0) is 50.8 Å². The highest BCUT2D eigenvalue weighted by molar-refractivity contribution is 5.30.